The van der Waals surface area contributed by atoms with Crippen LogP contribution in [0.3, 0.4) is 0 Å². The molecule has 0 radical (unpaired) electrons. The van der Waals surface area contributed by atoms with Crippen molar-refractivity contribution in [1.82, 2.24) is 4.90 Å². The summed E-state index contributed by atoms with van der Waals surface area (Å²) in [5, 5.41) is -1.40. The minimum Gasteiger partial charge on any atom is -0.337 e. The van der Waals surface area contributed by atoms with Gasteiger partial charge in [-0.15, -0.1) is 3.89 Å². The maximum absolute atomic E-state index is 12.8. The Morgan fingerprint density at radius 2 is 1.76 bits per heavy atom. The second-order valence-corrected chi connectivity index (χ2v) is 6.39. The second kappa shape index (κ2) is 5.28. The highest BCUT2D eigenvalue weighted by molar-refractivity contribution is 7.87. The number of rotatable bonds is 3. The van der Waals surface area contributed by atoms with Crippen LogP contribution >= 0.6 is 0 Å². The highest BCUT2D eigenvalue weighted by atomic mass is 32.3. The third kappa shape index (κ3) is 3.72. The van der Waals surface area contributed by atoms with E-state index in [0.717, 1.165) is 17.0 Å². The van der Waals surface area contributed by atoms with Crippen LogP contribution in [-0.2, 0) is 27.7 Å². The number of carbonyl (C=O) groups is 1. The molecule has 0 aromatic heterocycles. The number of likely N-dealkylation sites (tertiary alicyclic amines) is 1. The van der Waals surface area contributed by atoms with Crippen molar-refractivity contribution < 1.29 is 30.3 Å². The molecule has 1 unspecified atom stereocenters. The SMILES string of the molecule is O=C1CC(S(=O)(=O)F)CN1Cc1ccc(C(F)(F)F)cc1. The monoisotopic (exact) mass is 325 g/mol. The van der Waals surface area contributed by atoms with Gasteiger partial charge in [-0.1, -0.05) is 12.1 Å². The minimum atomic E-state index is -4.80. The van der Waals surface area contributed by atoms with Gasteiger partial charge in [0, 0.05) is 19.5 Å². The van der Waals surface area contributed by atoms with Gasteiger partial charge in [-0.2, -0.15) is 21.6 Å². The number of hydrogen-bond acceptors (Lipinski definition) is 3. The van der Waals surface area contributed by atoms with Crippen molar-refractivity contribution in [2.45, 2.75) is 24.4 Å². The molecule has 2 rings (SSSR count). The van der Waals surface area contributed by atoms with Crippen LogP contribution in [0.15, 0.2) is 24.3 Å². The molecule has 1 aromatic rings. The van der Waals surface area contributed by atoms with Crippen LogP contribution in [-0.4, -0.2) is 31.0 Å². The van der Waals surface area contributed by atoms with E-state index in [2.05, 4.69) is 0 Å². The van der Waals surface area contributed by atoms with Crippen molar-refractivity contribution in [2.24, 2.45) is 0 Å². The van der Waals surface area contributed by atoms with E-state index in [1.54, 1.807) is 0 Å². The molecule has 116 valence electrons. The first-order valence-corrected chi connectivity index (χ1v) is 7.39. The van der Waals surface area contributed by atoms with Gasteiger partial charge in [-0.05, 0) is 17.7 Å². The quantitative estimate of drug-likeness (QED) is 0.632. The topological polar surface area (TPSA) is 54.5 Å². The summed E-state index contributed by atoms with van der Waals surface area (Å²) >= 11 is 0. The minimum absolute atomic E-state index is 0.0526. The molecule has 1 aliphatic rings. The molecule has 1 amide bonds. The third-order valence-electron chi connectivity index (χ3n) is 3.23. The van der Waals surface area contributed by atoms with Gasteiger partial charge in [0.25, 0.3) is 0 Å². The third-order valence-corrected chi connectivity index (χ3v) is 4.34. The average molecular weight is 325 g/mol. The van der Waals surface area contributed by atoms with Gasteiger partial charge >= 0.3 is 16.4 Å². The number of benzene rings is 1. The molecule has 9 heteroatoms. The van der Waals surface area contributed by atoms with E-state index in [-0.39, 0.29) is 13.1 Å². The van der Waals surface area contributed by atoms with Crippen molar-refractivity contribution in [3.8, 4) is 0 Å². The van der Waals surface area contributed by atoms with Crippen LogP contribution < -0.4 is 0 Å². The zero-order valence-corrected chi connectivity index (χ0v) is 11.4. The highest BCUT2D eigenvalue weighted by Gasteiger charge is 2.38. The second-order valence-electron chi connectivity index (χ2n) is 4.77. The molecule has 1 aliphatic heterocycles. The normalized spacial score (nSPS) is 20.1. The molecule has 1 atom stereocenters. The van der Waals surface area contributed by atoms with Gasteiger partial charge in [0.2, 0.25) is 5.91 Å². The standard InChI is InChI=1S/C12H11F4NO3S/c13-12(14,15)9-3-1-8(2-4-9)6-17-7-10(5-11(17)18)21(16,19)20/h1-4,10H,5-7H2. The summed E-state index contributed by atoms with van der Waals surface area (Å²) in [6.45, 7) is -0.346. The van der Waals surface area contributed by atoms with E-state index < -0.39 is 39.5 Å². The predicted molar refractivity (Wildman–Crippen MR) is 65.3 cm³/mol. The number of carbonyl (C=O) groups excluding carboxylic acids is 1. The van der Waals surface area contributed by atoms with Crippen molar-refractivity contribution in [3.63, 3.8) is 0 Å². The lowest BCUT2D eigenvalue weighted by Crippen LogP contribution is -2.26. The summed E-state index contributed by atoms with van der Waals surface area (Å²) in [7, 11) is -4.80. The largest absolute Gasteiger partial charge is 0.416 e. The summed E-state index contributed by atoms with van der Waals surface area (Å²) in [6, 6.07) is 4.15. The maximum atomic E-state index is 12.8. The van der Waals surface area contributed by atoms with E-state index in [9.17, 15) is 30.3 Å². The molecule has 4 nitrogen and oxygen atoms in total. The molecule has 21 heavy (non-hydrogen) atoms. The van der Waals surface area contributed by atoms with Crippen molar-refractivity contribution in [1.29, 1.82) is 0 Å². The van der Waals surface area contributed by atoms with Crippen LogP contribution in [0.4, 0.5) is 17.1 Å². The van der Waals surface area contributed by atoms with Crippen LogP contribution in [0.5, 0.6) is 0 Å². The van der Waals surface area contributed by atoms with Crippen molar-refractivity contribution in [3.05, 3.63) is 35.4 Å². The fraction of sp³-hybridized carbons (Fsp3) is 0.417. The first-order valence-electron chi connectivity index (χ1n) is 5.95. The molecule has 1 aromatic carbocycles. The van der Waals surface area contributed by atoms with E-state index >= 15 is 0 Å². The van der Waals surface area contributed by atoms with Crippen molar-refractivity contribution in [2.75, 3.05) is 6.54 Å². The Balaban J connectivity index is 2.07. The van der Waals surface area contributed by atoms with Crippen LogP contribution in [0.25, 0.3) is 0 Å². The molecule has 1 saturated heterocycles. The number of amides is 1. The first-order chi connectivity index (χ1) is 9.57. The maximum Gasteiger partial charge on any atom is 0.416 e. The van der Waals surface area contributed by atoms with E-state index in [1.807, 2.05) is 0 Å². The van der Waals surface area contributed by atoms with Gasteiger partial charge in [0.05, 0.1) is 5.56 Å². The Bertz CT molecular complexity index is 639. The summed E-state index contributed by atoms with van der Waals surface area (Å²) in [5.41, 5.74) is -0.406. The molecule has 1 heterocycles. The molecule has 1 fully saturated rings. The Labute approximate surface area is 118 Å². The zero-order chi connectivity index (χ0) is 15.8. The van der Waals surface area contributed by atoms with Gasteiger partial charge in [0.15, 0.2) is 0 Å². The summed E-state index contributed by atoms with van der Waals surface area (Å²) in [5.74, 6) is -0.541. The number of hydrogen-bond donors (Lipinski definition) is 0. The van der Waals surface area contributed by atoms with Crippen LogP contribution in [0.1, 0.15) is 17.5 Å². The van der Waals surface area contributed by atoms with Crippen LogP contribution in [0.2, 0.25) is 0 Å². The van der Waals surface area contributed by atoms with E-state index in [1.165, 1.54) is 12.1 Å². The Hall–Kier alpha value is -1.64. The first kappa shape index (κ1) is 15.7. The molecular weight excluding hydrogens is 314 g/mol. The van der Waals surface area contributed by atoms with Gasteiger partial charge in [-0.25, -0.2) is 0 Å². The molecule has 0 aliphatic carbocycles. The average Bonchev–Trinajstić information content (AvgIpc) is 2.70. The van der Waals surface area contributed by atoms with Crippen LogP contribution in [0, 0.1) is 0 Å². The van der Waals surface area contributed by atoms with E-state index in [4.69, 9.17) is 0 Å². The number of halogens is 4. The number of alkyl halides is 3. The lowest BCUT2D eigenvalue weighted by atomic mass is 10.1. The lowest BCUT2D eigenvalue weighted by molar-refractivity contribution is -0.137. The predicted octanol–water partition coefficient (Wildman–Crippen LogP) is 2.11. The Morgan fingerprint density at radius 3 is 2.19 bits per heavy atom. The molecule has 0 spiro atoms. The summed E-state index contributed by atoms with van der Waals surface area (Å²) < 4.78 is 71.5. The zero-order valence-electron chi connectivity index (χ0n) is 10.6. The highest BCUT2D eigenvalue weighted by Crippen LogP contribution is 2.29. The fourth-order valence-electron chi connectivity index (χ4n) is 2.10. The van der Waals surface area contributed by atoms with Gasteiger partial charge < -0.3 is 4.90 Å². The molecule has 0 saturated carbocycles. The Morgan fingerprint density at radius 1 is 1.19 bits per heavy atom. The Kier molecular flexibility index (Phi) is 3.96. The van der Waals surface area contributed by atoms with Gasteiger partial charge in [0.1, 0.15) is 5.25 Å². The summed E-state index contributed by atoms with van der Waals surface area (Å²) in [6.07, 6.45) is -4.89. The van der Waals surface area contributed by atoms with Crippen molar-refractivity contribution >= 4 is 16.1 Å². The number of nitrogens with zero attached hydrogens (tertiary/aromatic N) is 1. The molecule has 0 bridgehead atoms. The van der Waals surface area contributed by atoms with Gasteiger partial charge in [-0.3, -0.25) is 4.79 Å². The molecular formula is C12H11F4NO3S. The fourth-order valence-corrected chi connectivity index (χ4v) is 2.80. The summed E-state index contributed by atoms with van der Waals surface area (Å²) in [4.78, 5) is 12.7. The smallest absolute Gasteiger partial charge is 0.337 e. The lowest BCUT2D eigenvalue weighted by Gasteiger charge is -2.16. The van der Waals surface area contributed by atoms with E-state index in [0.29, 0.717) is 5.56 Å². The molecule has 0 N–H and O–H groups in total.